The highest BCUT2D eigenvalue weighted by Gasteiger charge is 2.59. The molecule has 1 unspecified atom stereocenters. The molecule has 0 radical (unpaired) electrons. The molecule has 2 aliphatic rings. The van der Waals surface area contributed by atoms with Crippen molar-refractivity contribution in [3.8, 4) is 5.75 Å². The predicted octanol–water partition coefficient (Wildman–Crippen LogP) is 4.65. The Hall–Kier alpha value is -2.77. The number of aryl methyl sites for hydroxylation is 1. The molecule has 1 aromatic heterocycles. The molecule has 1 fully saturated rings. The molecule has 2 aliphatic heterocycles. The van der Waals surface area contributed by atoms with E-state index in [0.717, 1.165) is 16.8 Å². The number of carbonyl (C=O) groups excluding carboxylic acids is 2. The van der Waals surface area contributed by atoms with Gasteiger partial charge in [0.1, 0.15) is 5.75 Å². The van der Waals surface area contributed by atoms with E-state index >= 15 is 0 Å². The number of benzene rings is 2. The molecule has 5 nitrogen and oxygen atoms in total. The summed E-state index contributed by atoms with van der Waals surface area (Å²) < 4.78 is 5.47. The maximum Gasteiger partial charge on any atom is 0.268 e. The van der Waals surface area contributed by atoms with Crippen LogP contribution in [0.15, 0.2) is 60.0 Å². The van der Waals surface area contributed by atoms with Gasteiger partial charge in [0.2, 0.25) is 0 Å². The van der Waals surface area contributed by atoms with Crippen LogP contribution in [0.3, 0.4) is 0 Å². The second kappa shape index (κ2) is 7.73. The second-order valence-electron chi connectivity index (χ2n) is 7.69. The number of carbonyl (C=O) groups is 2. The Balaban J connectivity index is 1.61. The van der Waals surface area contributed by atoms with Gasteiger partial charge in [0, 0.05) is 17.9 Å². The van der Waals surface area contributed by atoms with E-state index in [1.165, 1.54) is 28.7 Å². The van der Waals surface area contributed by atoms with Crippen LogP contribution in [0, 0.1) is 6.92 Å². The molecule has 0 N–H and O–H groups in total. The molecular weight excluding hydrogens is 428 g/mol. The zero-order valence-electron chi connectivity index (χ0n) is 17.3. The molecule has 3 aromatic rings. The van der Waals surface area contributed by atoms with Crippen molar-refractivity contribution in [1.82, 2.24) is 4.90 Å². The number of fused-ring (bicyclic) bond motifs is 2. The molecule has 158 valence electrons. The number of ether oxygens (including phenoxy) is 1. The van der Waals surface area contributed by atoms with Crippen LogP contribution in [0.1, 0.15) is 26.4 Å². The standard InChI is InChI=1S/C24H22N2O3S2/c1-16-5-7-17(8-6-16)15-25-20-10-9-18(29-2)14-19(20)24(23(25)28)26(11-13-31-24)22(27)21-4-3-12-30-21/h3-10,12,14H,11,13,15H2,1-2H3. The summed E-state index contributed by atoms with van der Waals surface area (Å²) in [5.74, 6) is 1.22. The van der Waals surface area contributed by atoms with E-state index in [9.17, 15) is 9.59 Å². The number of anilines is 1. The van der Waals surface area contributed by atoms with Gasteiger partial charge < -0.3 is 14.5 Å². The molecule has 1 saturated heterocycles. The zero-order chi connectivity index (χ0) is 21.6. The van der Waals surface area contributed by atoms with Crippen LogP contribution >= 0.6 is 23.1 Å². The lowest BCUT2D eigenvalue weighted by atomic mass is 10.0. The third kappa shape index (κ3) is 3.15. The molecule has 7 heteroatoms. The molecule has 0 bridgehead atoms. The van der Waals surface area contributed by atoms with Crippen LogP contribution in [-0.2, 0) is 16.2 Å². The topological polar surface area (TPSA) is 49.9 Å². The first-order chi connectivity index (χ1) is 15.0. The molecule has 2 amide bonds. The summed E-state index contributed by atoms with van der Waals surface area (Å²) in [5.41, 5.74) is 3.90. The molecule has 3 heterocycles. The minimum absolute atomic E-state index is 0.0660. The fourth-order valence-electron chi connectivity index (χ4n) is 4.29. The predicted molar refractivity (Wildman–Crippen MR) is 125 cm³/mol. The summed E-state index contributed by atoms with van der Waals surface area (Å²) in [6, 6.07) is 17.6. The van der Waals surface area contributed by atoms with Crippen molar-refractivity contribution in [2.24, 2.45) is 0 Å². The number of thiophene rings is 1. The average Bonchev–Trinajstić information content (AvgIpc) is 3.52. The minimum Gasteiger partial charge on any atom is -0.497 e. The van der Waals surface area contributed by atoms with E-state index in [-0.39, 0.29) is 11.8 Å². The highest BCUT2D eigenvalue weighted by atomic mass is 32.2. The highest BCUT2D eigenvalue weighted by Crippen LogP contribution is 2.55. The number of hydrogen-bond donors (Lipinski definition) is 0. The Morgan fingerprint density at radius 3 is 2.68 bits per heavy atom. The van der Waals surface area contributed by atoms with Gasteiger partial charge in [0.25, 0.3) is 11.8 Å². The monoisotopic (exact) mass is 450 g/mol. The van der Waals surface area contributed by atoms with Gasteiger partial charge in [0.05, 0.1) is 24.2 Å². The van der Waals surface area contributed by atoms with Crippen molar-refractivity contribution in [3.63, 3.8) is 0 Å². The SMILES string of the molecule is COc1ccc2c(c1)C1(SCCN1C(=O)c1cccs1)C(=O)N2Cc1ccc(C)cc1. The maximum atomic E-state index is 14.0. The van der Waals surface area contributed by atoms with Crippen molar-refractivity contribution >= 4 is 40.6 Å². The Morgan fingerprint density at radius 2 is 1.97 bits per heavy atom. The van der Waals surface area contributed by atoms with Gasteiger partial charge in [-0.1, -0.05) is 35.9 Å². The van der Waals surface area contributed by atoms with Crippen LogP contribution < -0.4 is 9.64 Å². The Morgan fingerprint density at radius 1 is 1.16 bits per heavy atom. The van der Waals surface area contributed by atoms with E-state index in [1.807, 2.05) is 59.7 Å². The lowest BCUT2D eigenvalue weighted by molar-refractivity contribution is -0.123. The molecule has 0 saturated carbocycles. The molecule has 0 aliphatic carbocycles. The molecular formula is C24H22N2O3S2. The number of amides is 2. The third-order valence-electron chi connectivity index (χ3n) is 5.84. The summed E-state index contributed by atoms with van der Waals surface area (Å²) in [6.07, 6.45) is 0. The normalized spacial score (nSPS) is 19.9. The summed E-state index contributed by atoms with van der Waals surface area (Å²) in [7, 11) is 1.62. The summed E-state index contributed by atoms with van der Waals surface area (Å²) in [5, 5.41) is 1.89. The fourth-order valence-corrected chi connectivity index (χ4v) is 6.41. The van der Waals surface area contributed by atoms with Gasteiger partial charge in [-0.3, -0.25) is 9.59 Å². The zero-order valence-corrected chi connectivity index (χ0v) is 19.0. The minimum atomic E-state index is -1.06. The van der Waals surface area contributed by atoms with Crippen molar-refractivity contribution in [2.75, 3.05) is 24.3 Å². The Bertz CT molecular complexity index is 1140. The van der Waals surface area contributed by atoms with E-state index in [1.54, 1.807) is 12.0 Å². The van der Waals surface area contributed by atoms with E-state index in [0.29, 0.717) is 29.5 Å². The third-order valence-corrected chi connectivity index (χ3v) is 8.12. The van der Waals surface area contributed by atoms with Crippen LogP contribution in [0.25, 0.3) is 0 Å². The van der Waals surface area contributed by atoms with Crippen LogP contribution in [0.4, 0.5) is 5.69 Å². The molecule has 2 aromatic carbocycles. The van der Waals surface area contributed by atoms with Gasteiger partial charge in [-0.05, 0) is 42.1 Å². The smallest absolute Gasteiger partial charge is 0.268 e. The summed E-state index contributed by atoms with van der Waals surface area (Å²) in [6.45, 7) is 3.04. The molecule has 1 spiro atoms. The van der Waals surface area contributed by atoms with E-state index < -0.39 is 4.87 Å². The first-order valence-electron chi connectivity index (χ1n) is 10.1. The first-order valence-corrected chi connectivity index (χ1v) is 12.0. The van der Waals surface area contributed by atoms with Crippen molar-refractivity contribution in [3.05, 3.63) is 81.5 Å². The number of methoxy groups -OCH3 is 1. The van der Waals surface area contributed by atoms with Gasteiger partial charge in [0.15, 0.2) is 4.87 Å². The molecule has 31 heavy (non-hydrogen) atoms. The van der Waals surface area contributed by atoms with Crippen LogP contribution in [0.5, 0.6) is 5.75 Å². The lowest BCUT2D eigenvalue weighted by Crippen LogP contribution is -2.50. The first kappa shape index (κ1) is 20.2. The van der Waals surface area contributed by atoms with Gasteiger partial charge in [-0.15, -0.1) is 23.1 Å². The molecule has 5 rings (SSSR count). The fraction of sp³-hybridized carbons (Fsp3) is 0.250. The Labute approximate surface area is 189 Å². The summed E-state index contributed by atoms with van der Waals surface area (Å²) in [4.78, 5) is 30.6. The van der Waals surface area contributed by atoms with E-state index in [4.69, 9.17) is 4.74 Å². The number of thioether (sulfide) groups is 1. The average molecular weight is 451 g/mol. The van der Waals surface area contributed by atoms with Crippen molar-refractivity contribution in [2.45, 2.75) is 18.3 Å². The van der Waals surface area contributed by atoms with Gasteiger partial charge >= 0.3 is 0 Å². The molecule has 1 atom stereocenters. The van der Waals surface area contributed by atoms with Crippen molar-refractivity contribution < 1.29 is 14.3 Å². The number of rotatable bonds is 4. The second-order valence-corrected chi connectivity index (χ2v) is 9.92. The van der Waals surface area contributed by atoms with Gasteiger partial charge in [-0.25, -0.2) is 0 Å². The Kier molecular flexibility index (Phi) is 5.02. The summed E-state index contributed by atoms with van der Waals surface area (Å²) >= 11 is 2.94. The number of hydrogen-bond acceptors (Lipinski definition) is 5. The largest absolute Gasteiger partial charge is 0.497 e. The van der Waals surface area contributed by atoms with Gasteiger partial charge in [-0.2, -0.15) is 0 Å². The van der Waals surface area contributed by atoms with Crippen molar-refractivity contribution in [1.29, 1.82) is 0 Å². The quantitative estimate of drug-likeness (QED) is 0.580. The number of nitrogens with zero attached hydrogens (tertiary/aromatic N) is 2. The van der Waals surface area contributed by atoms with Crippen LogP contribution in [-0.4, -0.2) is 36.1 Å². The van der Waals surface area contributed by atoms with E-state index in [2.05, 4.69) is 12.1 Å². The van der Waals surface area contributed by atoms with Crippen LogP contribution in [0.2, 0.25) is 0 Å². The lowest BCUT2D eigenvalue weighted by Gasteiger charge is -2.33. The highest BCUT2D eigenvalue weighted by molar-refractivity contribution is 8.01. The maximum absolute atomic E-state index is 14.0.